The first-order valence-electron chi connectivity index (χ1n) is 9.04. The predicted molar refractivity (Wildman–Crippen MR) is 100 cm³/mol. The van der Waals surface area contributed by atoms with Gasteiger partial charge in [-0.3, -0.25) is 4.79 Å². The van der Waals surface area contributed by atoms with Crippen molar-refractivity contribution >= 4 is 17.6 Å². The topological polar surface area (TPSA) is 79.9 Å². The number of urea groups is 1. The van der Waals surface area contributed by atoms with Crippen LogP contribution in [0.5, 0.6) is 11.5 Å². The Balaban J connectivity index is 1.60. The molecule has 2 aromatic carbocycles. The van der Waals surface area contributed by atoms with Gasteiger partial charge in [-0.05, 0) is 36.2 Å². The maximum Gasteiger partial charge on any atom is 0.322 e. The fourth-order valence-electron chi connectivity index (χ4n) is 3.41. The Morgan fingerprint density at radius 3 is 2.71 bits per heavy atom. The van der Waals surface area contributed by atoms with Crippen molar-refractivity contribution < 1.29 is 23.5 Å². The van der Waals surface area contributed by atoms with Crippen LogP contribution < -0.4 is 20.1 Å². The fourth-order valence-corrected chi connectivity index (χ4v) is 3.41. The Hall–Kier alpha value is -3.29. The van der Waals surface area contributed by atoms with E-state index in [9.17, 15) is 14.0 Å². The maximum atomic E-state index is 13.7. The molecule has 4 rings (SSSR count). The number of amides is 3. The highest BCUT2D eigenvalue weighted by Crippen LogP contribution is 2.35. The number of piperazine rings is 1. The summed E-state index contributed by atoms with van der Waals surface area (Å²) >= 11 is 0. The van der Waals surface area contributed by atoms with Gasteiger partial charge in [0, 0.05) is 24.8 Å². The lowest BCUT2D eigenvalue weighted by Crippen LogP contribution is -2.53. The molecule has 0 unspecified atom stereocenters. The minimum absolute atomic E-state index is 0.308. The van der Waals surface area contributed by atoms with Crippen molar-refractivity contribution in [1.29, 1.82) is 0 Å². The molecular weight excluding hydrogens is 365 g/mol. The van der Waals surface area contributed by atoms with Crippen LogP contribution in [0.1, 0.15) is 17.2 Å². The molecule has 2 heterocycles. The van der Waals surface area contributed by atoms with E-state index < -0.39 is 17.9 Å². The number of anilines is 1. The summed E-state index contributed by atoms with van der Waals surface area (Å²) in [6.45, 7) is 3.41. The molecule has 2 aliphatic rings. The van der Waals surface area contributed by atoms with E-state index in [1.54, 1.807) is 18.2 Å². The van der Waals surface area contributed by atoms with Crippen molar-refractivity contribution in [2.75, 3.05) is 31.6 Å². The Morgan fingerprint density at radius 1 is 1.21 bits per heavy atom. The van der Waals surface area contributed by atoms with Crippen LogP contribution >= 0.6 is 0 Å². The molecule has 2 aliphatic heterocycles. The quantitative estimate of drug-likeness (QED) is 0.833. The van der Waals surface area contributed by atoms with Crippen molar-refractivity contribution in [1.82, 2.24) is 10.2 Å². The van der Waals surface area contributed by atoms with Crippen LogP contribution in [-0.4, -0.2) is 43.1 Å². The van der Waals surface area contributed by atoms with Gasteiger partial charge in [0.25, 0.3) is 0 Å². The number of benzene rings is 2. The average molecular weight is 385 g/mol. The number of hydrogen-bond acceptors (Lipinski definition) is 4. The highest BCUT2D eigenvalue weighted by molar-refractivity contribution is 5.95. The van der Waals surface area contributed by atoms with Gasteiger partial charge < -0.3 is 25.0 Å². The molecule has 0 spiro atoms. The molecule has 2 N–H and O–H groups in total. The Bertz CT molecular complexity index is 934. The first-order valence-corrected chi connectivity index (χ1v) is 9.04. The molecule has 2 aromatic rings. The fraction of sp³-hybridized carbons (Fsp3) is 0.300. The van der Waals surface area contributed by atoms with Crippen LogP contribution in [0.25, 0.3) is 0 Å². The van der Waals surface area contributed by atoms with E-state index in [1.165, 1.54) is 23.1 Å². The van der Waals surface area contributed by atoms with Crippen molar-refractivity contribution in [2.45, 2.75) is 13.0 Å². The number of fused-ring (bicyclic) bond motifs is 1. The lowest BCUT2D eigenvalue weighted by molar-refractivity contribution is -0.127. The molecule has 28 heavy (non-hydrogen) atoms. The summed E-state index contributed by atoms with van der Waals surface area (Å²) in [5.41, 5.74) is 1.80. The van der Waals surface area contributed by atoms with E-state index in [-0.39, 0.29) is 5.91 Å². The molecule has 0 bridgehead atoms. The van der Waals surface area contributed by atoms with Gasteiger partial charge in [0.15, 0.2) is 11.5 Å². The van der Waals surface area contributed by atoms with E-state index in [0.717, 1.165) is 5.56 Å². The second-order valence-electron chi connectivity index (χ2n) is 6.68. The van der Waals surface area contributed by atoms with Crippen LogP contribution in [0.15, 0.2) is 36.4 Å². The van der Waals surface area contributed by atoms with Gasteiger partial charge in [-0.15, -0.1) is 0 Å². The minimum Gasteiger partial charge on any atom is -0.486 e. The van der Waals surface area contributed by atoms with Gasteiger partial charge in [-0.2, -0.15) is 0 Å². The number of nitrogens with zero attached hydrogens (tertiary/aromatic N) is 1. The first kappa shape index (κ1) is 18.1. The zero-order valence-corrected chi connectivity index (χ0v) is 15.3. The standard InChI is InChI=1S/C20H20FN3O4/c1-12-9-16-17(28-8-7-27-16)11-15(12)23-20(26)24-6-5-22-19(25)18(24)13-3-2-4-14(21)10-13/h2-4,9-11,18H,5-8H2,1H3,(H,22,25)(H,23,26)/t18-/m0/s1. The monoisotopic (exact) mass is 385 g/mol. The van der Waals surface area contributed by atoms with Crippen molar-refractivity contribution in [3.05, 3.63) is 53.3 Å². The summed E-state index contributed by atoms with van der Waals surface area (Å²) in [6.07, 6.45) is 0. The molecule has 1 atom stereocenters. The van der Waals surface area contributed by atoms with Crippen molar-refractivity contribution in [3.8, 4) is 11.5 Å². The number of hydrogen-bond donors (Lipinski definition) is 2. The SMILES string of the molecule is Cc1cc2c(cc1NC(=O)N1CCNC(=O)[C@@H]1c1cccc(F)c1)OCCO2. The molecule has 3 amide bonds. The zero-order chi connectivity index (χ0) is 19.7. The summed E-state index contributed by atoms with van der Waals surface area (Å²) in [4.78, 5) is 26.8. The van der Waals surface area contributed by atoms with E-state index in [1.807, 2.05) is 6.92 Å². The molecule has 0 aliphatic carbocycles. The number of carbonyl (C=O) groups is 2. The van der Waals surface area contributed by atoms with E-state index >= 15 is 0 Å². The van der Waals surface area contributed by atoms with Crippen LogP contribution in [0.2, 0.25) is 0 Å². The average Bonchev–Trinajstić information content (AvgIpc) is 2.68. The molecule has 7 nitrogen and oxygen atoms in total. The number of halogens is 1. The summed E-state index contributed by atoms with van der Waals surface area (Å²) in [5, 5.41) is 5.57. The van der Waals surface area contributed by atoms with Crippen LogP contribution in [0.3, 0.4) is 0 Å². The van der Waals surface area contributed by atoms with Crippen LogP contribution in [0, 0.1) is 12.7 Å². The molecule has 0 radical (unpaired) electrons. The van der Waals surface area contributed by atoms with Crippen LogP contribution in [-0.2, 0) is 4.79 Å². The highest BCUT2D eigenvalue weighted by atomic mass is 19.1. The second kappa shape index (κ2) is 7.38. The lowest BCUT2D eigenvalue weighted by atomic mass is 10.0. The minimum atomic E-state index is -0.901. The second-order valence-corrected chi connectivity index (χ2v) is 6.68. The van der Waals surface area contributed by atoms with Gasteiger partial charge in [0.1, 0.15) is 25.1 Å². The zero-order valence-electron chi connectivity index (χ0n) is 15.3. The normalized spacial score (nSPS) is 18.4. The third kappa shape index (κ3) is 3.45. The third-order valence-corrected chi connectivity index (χ3v) is 4.77. The molecule has 0 saturated carbocycles. The lowest BCUT2D eigenvalue weighted by Gasteiger charge is -2.35. The maximum absolute atomic E-state index is 13.7. The Kier molecular flexibility index (Phi) is 4.77. The van der Waals surface area contributed by atoms with Gasteiger partial charge >= 0.3 is 6.03 Å². The smallest absolute Gasteiger partial charge is 0.322 e. The number of carbonyl (C=O) groups excluding carboxylic acids is 2. The molecule has 0 aromatic heterocycles. The molecule has 146 valence electrons. The Labute approximate surface area is 161 Å². The summed E-state index contributed by atoms with van der Waals surface area (Å²) in [7, 11) is 0. The molecule has 8 heteroatoms. The number of aryl methyl sites for hydroxylation is 1. The Morgan fingerprint density at radius 2 is 1.96 bits per heavy atom. The molecule has 1 saturated heterocycles. The van der Waals surface area contributed by atoms with E-state index in [0.29, 0.717) is 49.1 Å². The number of nitrogens with one attached hydrogen (secondary N) is 2. The van der Waals surface area contributed by atoms with Gasteiger partial charge in [0.05, 0.1) is 0 Å². The molecule has 1 fully saturated rings. The first-order chi connectivity index (χ1) is 13.5. The summed E-state index contributed by atoms with van der Waals surface area (Å²) in [5.74, 6) is 0.395. The highest BCUT2D eigenvalue weighted by Gasteiger charge is 2.35. The van der Waals surface area contributed by atoms with Gasteiger partial charge in [-0.25, -0.2) is 9.18 Å². The molecular formula is C20H20FN3O4. The third-order valence-electron chi connectivity index (χ3n) is 4.77. The summed E-state index contributed by atoms with van der Waals surface area (Å²) in [6, 6.07) is 7.89. The van der Waals surface area contributed by atoms with E-state index in [2.05, 4.69) is 10.6 Å². The van der Waals surface area contributed by atoms with Crippen molar-refractivity contribution in [3.63, 3.8) is 0 Å². The largest absolute Gasteiger partial charge is 0.486 e. The van der Waals surface area contributed by atoms with Crippen LogP contribution in [0.4, 0.5) is 14.9 Å². The van der Waals surface area contributed by atoms with Crippen molar-refractivity contribution in [2.24, 2.45) is 0 Å². The van der Waals surface area contributed by atoms with Gasteiger partial charge in [0.2, 0.25) is 5.91 Å². The number of ether oxygens (including phenoxy) is 2. The number of rotatable bonds is 2. The van der Waals surface area contributed by atoms with Gasteiger partial charge in [-0.1, -0.05) is 12.1 Å². The summed E-state index contributed by atoms with van der Waals surface area (Å²) < 4.78 is 24.8. The van der Waals surface area contributed by atoms with E-state index in [4.69, 9.17) is 9.47 Å². The predicted octanol–water partition coefficient (Wildman–Crippen LogP) is 2.61.